The topological polar surface area (TPSA) is 58.1 Å². The number of hydrogen-bond acceptors (Lipinski definition) is 4. The smallest absolute Gasteiger partial charge is 0.244 e. The van der Waals surface area contributed by atoms with Crippen LogP contribution in [0, 0.1) is 6.92 Å². The number of nitrogens with zero attached hydrogens (tertiary/aromatic N) is 3. The van der Waals surface area contributed by atoms with Crippen LogP contribution in [0.25, 0.3) is 0 Å². The summed E-state index contributed by atoms with van der Waals surface area (Å²) in [7, 11) is 0. The van der Waals surface area contributed by atoms with E-state index in [9.17, 15) is 4.79 Å². The molecule has 0 unspecified atom stereocenters. The lowest BCUT2D eigenvalue weighted by molar-refractivity contribution is -0.115. The molecular formula is C15H16Cl2N4O. The van der Waals surface area contributed by atoms with Crippen molar-refractivity contribution in [2.75, 3.05) is 23.3 Å². The lowest BCUT2D eigenvalue weighted by Crippen LogP contribution is -2.34. The number of nitrogens with one attached hydrogen (secondary N) is 1. The zero-order valence-corrected chi connectivity index (χ0v) is 13.8. The van der Waals surface area contributed by atoms with Gasteiger partial charge in [0, 0.05) is 12.7 Å². The lowest BCUT2D eigenvalue weighted by Gasteiger charge is -2.21. The molecule has 0 atom stereocenters. The first-order chi connectivity index (χ1) is 10.5. The lowest BCUT2D eigenvalue weighted by atomic mass is 10.3. The van der Waals surface area contributed by atoms with E-state index >= 15 is 0 Å². The van der Waals surface area contributed by atoms with Crippen LogP contribution in [0.3, 0.4) is 0 Å². The van der Waals surface area contributed by atoms with E-state index in [2.05, 4.69) is 15.3 Å². The number of likely N-dealkylation sites (N-methyl/N-ethyl adjacent to an activating group) is 1. The van der Waals surface area contributed by atoms with Crippen molar-refractivity contribution in [1.82, 2.24) is 9.97 Å². The second kappa shape index (κ2) is 7.42. The van der Waals surface area contributed by atoms with Crippen molar-refractivity contribution in [3.8, 4) is 0 Å². The van der Waals surface area contributed by atoms with Gasteiger partial charge in [0.25, 0.3) is 0 Å². The third-order valence-electron chi connectivity index (χ3n) is 3.03. The molecule has 5 nitrogen and oxygen atoms in total. The molecule has 0 bridgehead atoms. The van der Waals surface area contributed by atoms with E-state index in [4.69, 9.17) is 23.2 Å². The Morgan fingerprint density at radius 1 is 1.27 bits per heavy atom. The van der Waals surface area contributed by atoms with Crippen molar-refractivity contribution in [2.24, 2.45) is 0 Å². The van der Waals surface area contributed by atoms with Crippen molar-refractivity contribution in [1.29, 1.82) is 0 Å². The van der Waals surface area contributed by atoms with Gasteiger partial charge in [-0.15, -0.1) is 0 Å². The number of aromatic nitrogens is 2. The zero-order chi connectivity index (χ0) is 16.1. The minimum Gasteiger partial charge on any atom is -0.347 e. The Kier molecular flexibility index (Phi) is 5.57. The predicted molar refractivity (Wildman–Crippen MR) is 89.7 cm³/mol. The molecule has 0 radical (unpaired) electrons. The molecule has 7 heteroatoms. The largest absolute Gasteiger partial charge is 0.347 e. The monoisotopic (exact) mass is 338 g/mol. The summed E-state index contributed by atoms with van der Waals surface area (Å²) < 4.78 is 0. The average molecular weight is 339 g/mol. The molecule has 1 heterocycles. The van der Waals surface area contributed by atoms with Crippen LogP contribution in [0.15, 0.2) is 30.5 Å². The second-order valence-corrected chi connectivity index (χ2v) is 5.44. The fraction of sp³-hybridized carbons (Fsp3) is 0.267. The highest BCUT2D eigenvalue weighted by Gasteiger charge is 2.14. The van der Waals surface area contributed by atoms with E-state index < -0.39 is 0 Å². The number of amides is 1. The number of halogens is 2. The maximum absolute atomic E-state index is 12.2. The van der Waals surface area contributed by atoms with Crippen molar-refractivity contribution >= 4 is 40.6 Å². The standard InChI is InChI=1S/C15H16Cl2N4O/c1-3-21(13-7-8-18-10(2)19-13)9-14(22)20-15-11(16)5-4-6-12(15)17/h4-8H,3,9H2,1-2H3,(H,20,22). The molecule has 0 aliphatic rings. The average Bonchev–Trinajstić information content (AvgIpc) is 2.48. The molecule has 2 rings (SSSR count). The van der Waals surface area contributed by atoms with E-state index in [0.29, 0.717) is 33.9 Å². The quantitative estimate of drug-likeness (QED) is 0.905. The van der Waals surface area contributed by atoms with Gasteiger partial charge >= 0.3 is 0 Å². The van der Waals surface area contributed by atoms with E-state index in [-0.39, 0.29) is 12.5 Å². The number of carbonyl (C=O) groups excluding carboxylic acids is 1. The van der Waals surface area contributed by atoms with Crippen molar-refractivity contribution in [3.05, 3.63) is 46.3 Å². The zero-order valence-electron chi connectivity index (χ0n) is 12.3. The third kappa shape index (κ3) is 4.08. The Labute approximate surface area is 139 Å². The highest BCUT2D eigenvalue weighted by atomic mass is 35.5. The summed E-state index contributed by atoms with van der Waals surface area (Å²) in [6, 6.07) is 6.84. The van der Waals surface area contributed by atoms with Crippen LogP contribution in [-0.2, 0) is 4.79 Å². The van der Waals surface area contributed by atoms with E-state index in [0.717, 1.165) is 0 Å². The number of para-hydroxylation sites is 1. The first kappa shape index (κ1) is 16.5. The molecule has 1 aromatic heterocycles. The minimum atomic E-state index is -0.215. The third-order valence-corrected chi connectivity index (χ3v) is 3.66. The van der Waals surface area contributed by atoms with Gasteiger partial charge in [-0.3, -0.25) is 4.79 Å². The Balaban J connectivity index is 2.10. The van der Waals surface area contributed by atoms with Crippen LogP contribution >= 0.6 is 23.2 Å². The van der Waals surface area contributed by atoms with Crippen molar-refractivity contribution in [2.45, 2.75) is 13.8 Å². The van der Waals surface area contributed by atoms with Crippen LogP contribution in [0.5, 0.6) is 0 Å². The Morgan fingerprint density at radius 3 is 2.55 bits per heavy atom. The highest BCUT2D eigenvalue weighted by molar-refractivity contribution is 6.39. The van der Waals surface area contributed by atoms with Gasteiger partial charge < -0.3 is 10.2 Å². The Hall–Kier alpha value is -1.85. The summed E-state index contributed by atoms with van der Waals surface area (Å²) in [6.07, 6.45) is 1.67. The summed E-state index contributed by atoms with van der Waals surface area (Å²) in [5, 5.41) is 3.55. The number of aryl methyl sites for hydroxylation is 1. The molecule has 22 heavy (non-hydrogen) atoms. The number of carbonyl (C=O) groups is 1. The maximum Gasteiger partial charge on any atom is 0.244 e. The van der Waals surface area contributed by atoms with E-state index in [1.165, 1.54) is 0 Å². The van der Waals surface area contributed by atoms with Gasteiger partial charge in [-0.25, -0.2) is 9.97 Å². The second-order valence-electron chi connectivity index (χ2n) is 4.62. The van der Waals surface area contributed by atoms with Crippen LogP contribution in [0.1, 0.15) is 12.7 Å². The van der Waals surface area contributed by atoms with Crippen LogP contribution < -0.4 is 10.2 Å². The molecule has 0 saturated heterocycles. The van der Waals surface area contributed by atoms with Crippen LogP contribution in [-0.4, -0.2) is 29.0 Å². The van der Waals surface area contributed by atoms with Gasteiger partial charge in [0.1, 0.15) is 11.6 Å². The molecule has 2 aromatic rings. The summed E-state index contributed by atoms with van der Waals surface area (Å²) in [5.41, 5.74) is 0.422. The minimum absolute atomic E-state index is 0.147. The predicted octanol–water partition coefficient (Wildman–Crippen LogP) is 3.56. The molecule has 0 aliphatic heterocycles. The number of benzene rings is 1. The van der Waals surface area contributed by atoms with Gasteiger partial charge in [-0.05, 0) is 32.0 Å². The highest BCUT2D eigenvalue weighted by Crippen LogP contribution is 2.29. The van der Waals surface area contributed by atoms with Gasteiger partial charge in [-0.1, -0.05) is 29.3 Å². The molecule has 0 fully saturated rings. The fourth-order valence-corrected chi connectivity index (χ4v) is 2.44. The fourth-order valence-electron chi connectivity index (χ4n) is 1.94. The van der Waals surface area contributed by atoms with E-state index in [1.54, 1.807) is 37.4 Å². The molecule has 0 saturated carbocycles. The number of anilines is 2. The normalized spacial score (nSPS) is 10.4. The Morgan fingerprint density at radius 2 is 1.95 bits per heavy atom. The summed E-state index contributed by atoms with van der Waals surface area (Å²) in [4.78, 5) is 22.4. The maximum atomic E-state index is 12.2. The number of rotatable bonds is 5. The molecule has 1 amide bonds. The van der Waals surface area contributed by atoms with Crippen molar-refractivity contribution in [3.63, 3.8) is 0 Å². The summed E-state index contributed by atoms with van der Waals surface area (Å²) in [5.74, 6) is 1.15. The van der Waals surface area contributed by atoms with Gasteiger partial charge in [0.15, 0.2) is 0 Å². The summed E-state index contributed by atoms with van der Waals surface area (Å²) in [6.45, 7) is 4.54. The number of hydrogen-bond donors (Lipinski definition) is 1. The molecule has 1 N–H and O–H groups in total. The molecule has 0 spiro atoms. The molecule has 0 aliphatic carbocycles. The molecular weight excluding hydrogens is 323 g/mol. The van der Waals surface area contributed by atoms with E-state index in [1.807, 2.05) is 11.8 Å². The van der Waals surface area contributed by atoms with Gasteiger partial charge in [0.05, 0.1) is 22.3 Å². The Bertz CT molecular complexity index is 658. The van der Waals surface area contributed by atoms with Crippen molar-refractivity contribution < 1.29 is 4.79 Å². The SMILES string of the molecule is CCN(CC(=O)Nc1c(Cl)cccc1Cl)c1ccnc(C)n1. The molecule has 1 aromatic carbocycles. The van der Waals surface area contributed by atoms with Crippen LogP contribution in [0.4, 0.5) is 11.5 Å². The first-order valence-corrected chi connectivity index (χ1v) is 7.55. The summed E-state index contributed by atoms with van der Waals surface area (Å²) >= 11 is 12.1. The van der Waals surface area contributed by atoms with Gasteiger partial charge in [-0.2, -0.15) is 0 Å². The van der Waals surface area contributed by atoms with Crippen LogP contribution in [0.2, 0.25) is 10.0 Å². The first-order valence-electron chi connectivity index (χ1n) is 6.79. The van der Waals surface area contributed by atoms with Gasteiger partial charge in [0.2, 0.25) is 5.91 Å². The molecule has 116 valence electrons.